The number of fused-ring (bicyclic) bond motifs is 1. The molecular weight excluding hydrogens is 204 g/mol. The molecule has 0 unspecified atom stereocenters. The molecule has 1 aliphatic rings. The zero-order chi connectivity index (χ0) is 10.5. The molecule has 0 bridgehead atoms. The molecule has 0 heterocycles. The summed E-state index contributed by atoms with van der Waals surface area (Å²) in [5.41, 5.74) is 3.11. The number of rotatable bonds is 5. The molecule has 2 rings (SSSR count). The van der Waals surface area contributed by atoms with Gasteiger partial charge in [-0.3, -0.25) is 0 Å². The summed E-state index contributed by atoms with van der Waals surface area (Å²) in [7, 11) is 0. The molecule has 0 saturated carbocycles. The minimum Gasteiger partial charge on any atom is -0.396 e. The van der Waals surface area contributed by atoms with Gasteiger partial charge in [-0.2, -0.15) is 0 Å². The van der Waals surface area contributed by atoms with E-state index in [9.17, 15) is 0 Å². The zero-order valence-electron chi connectivity index (χ0n) is 9.04. The lowest BCUT2D eigenvalue weighted by atomic mass is 10.1. The van der Waals surface area contributed by atoms with Gasteiger partial charge in [-0.25, -0.2) is 0 Å². The van der Waals surface area contributed by atoms with E-state index < -0.39 is 0 Å². The normalized spacial score (nSPS) is 14.2. The summed E-state index contributed by atoms with van der Waals surface area (Å²) in [6.45, 7) is 0.324. The van der Waals surface area contributed by atoms with Crippen LogP contribution in [-0.4, -0.2) is 17.5 Å². The van der Waals surface area contributed by atoms with Gasteiger partial charge in [0.1, 0.15) is 0 Å². The summed E-state index contributed by atoms with van der Waals surface area (Å²) in [6.07, 6.45) is 5.90. The Labute approximate surface area is 95.9 Å². The van der Waals surface area contributed by atoms with Crippen molar-refractivity contribution in [2.24, 2.45) is 0 Å². The van der Waals surface area contributed by atoms with E-state index in [0.29, 0.717) is 6.61 Å². The van der Waals surface area contributed by atoms with Gasteiger partial charge in [0.05, 0.1) is 0 Å². The second kappa shape index (κ2) is 5.57. The summed E-state index contributed by atoms with van der Waals surface area (Å²) in [4.78, 5) is 1.40. The summed E-state index contributed by atoms with van der Waals surface area (Å²) in [5.74, 6) is 1.12. The van der Waals surface area contributed by atoms with Crippen LogP contribution < -0.4 is 0 Å². The van der Waals surface area contributed by atoms with Crippen LogP contribution in [-0.2, 0) is 12.8 Å². The number of aryl methyl sites for hydroxylation is 2. The smallest absolute Gasteiger partial charge is 0.0431 e. The maximum atomic E-state index is 8.68. The lowest BCUT2D eigenvalue weighted by Crippen LogP contribution is -1.87. The minimum absolute atomic E-state index is 0.324. The van der Waals surface area contributed by atoms with Crippen LogP contribution in [0.25, 0.3) is 0 Å². The maximum absolute atomic E-state index is 8.68. The largest absolute Gasteiger partial charge is 0.396 e. The highest BCUT2D eigenvalue weighted by molar-refractivity contribution is 7.99. The van der Waals surface area contributed by atoms with E-state index >= 15 is 0 Å². The van der Waals surface area contributed by atoms with E-state index in [2.05, 4.69) is 18.2 Å². The van der Waals surface area contributed by atoms with E-state index in [4.69, 9.17) is 5.11 Å². The Morgan fingerprint density at radius 2 is 2.00 bits per heavy atom. The number of unbranched alkanes of at least 4 members (excludes halogenated alkanes) is 1. The van der Waals surface area contributed by atoms with Gasteiger partial charge in [0.25, 0.3) is 0 Å². The third-order valence-corrected chi connectivity index (χ3v) is 3.97. The molecule has 0 spiro atoms. The van der Waals surface area contributed by atoms with Crippen molar-refractivity contribution in [2.75, 3.05) is 12.4 Å². The predicted molar refractivity (Wildman–Crippen MR) is 65.5 cm³/mol. The minimum atomic E-state index is 0.324. The first-order valence-electron chi connectivity index (χ1n) is 5.75. The summed E-state index contributed by atoms with van der Waals surface area (Å²) >= 11 is 1.92. The Kier molecular flexibility index (Phi) is 4.09. The quantitative estimate of drug-likeness (QED) is 0.610. The van der Waals surface area contributed by atoms with Crippen molar-refractivity contribution in [2.45, 2.75) is 37.0 Å². The van der Waals surface area contributed by atoms with Crippen LogP contribution >= 0.6 is 11.8 Å². The lowest BCUT2D eigenvalue weighted by molar-refractivity contribution is 0.287. The molecule has 1 aliphatic carbocycles. The van der Waals surface area contributed by atoms with Crippen molar-refractivity contribution in [3.8, 4) is 0 Å². The fraction of sp³-hybridized carbons (Fsp3) is 0.538. The van der Waals surface area contributed by atoms with E-state index in [-0.39, 0.29) is 0 Å². The fourth-order valence-corrected chi connectivity index (χ4v) is 3.02. The second-order valence-corrected chi connectivity index (χ2v) is 5.23. The van der Waals surface area contributed by atoms with Crippen LogP contribution in [0.5, 0.6) is 0 Å². The Hall–Kier alpha value is -0.470. The molecule has 0 saturated heterocycles. The van der Waals surface area contributed by atoms with Crippen molar-refractivity contribution in [3.05, 3.63) is 29.3 Å². The number of thioether (sulfide) groups is 1. The SMILES string of the molecule is OCCCCSc1ccc2c(c1)CCC2. The highest BCUT2D eigenvalue weighted by atomic mass is 32.2. The van der Waals surface area contributed by atoms with E-state index in [1.807, 2.05) is 11.8 Å². The average molecular weight is 222 g/mol. The molecule has 0 amide bonds. The van der Waals surface area contributed by atoms with Crippen LogP contribution in [0.15, 0.2) is 23.1 Å². The molecule has 0 radical (unpaired) electrons. The number of aliphatic hydroxyl groups excluding tert-OH is 1. The van der Waals surface area contributed by atoms with Gasteiger partial charge in [-0.05, 0) is 61.1 Å². The molecule has 1 N–H and O–H groups in total. The highest BCUT2D eigenvalue weighted by Crippen LogP contribution is 2.27. The van der Waals surface area contributed by atoms with Gasteiger partial charge in [0.2, 0.25) is 0 Å². The van der Waals surface area contributed by atoms with Crippen molar-refractivity contribution >= 4 is 11.8 Å². The highest BCUT2D eigenvalue weighted by Gasteiger charge is 2.10. The van der Waals surface area contributed by atoms with Crippen LogP contribution in [0.3, 0.4) is 0 Å². The van der Waals surface area contributed by atoms with Crippen molar-refractivity contribution in [1.29, 1.82) is 0 Å². The molecule has 1 aromatic carbocycles. The Morgan fingerprint density at radius 3 is 2.87 bits per heavy atom. The van der Waals surface area contributed by atoms with Crippen molar-refractivity contribution < 1.29 is 5.11 Å². The fourth-order valence-electron chi connectivity index (χ4n) is 2.04. The van der Waals surface area contributed by atoms with Crippen molar-refractivity contribution in [3.63, 3.8) is 0 Å². The molecule has 2 heteroatoms. The van der Waals surface area contributed by atoms with Gasteiger partial charge < -0.3 is 5.11 Å². The van der Waals surface area contributed by atoms with E-state index in [0.717, 1.165) is 18.6 Å². The number of hydrogen-bond donors (Lipinski definition) is 1. The molecule has 0 atom stereocenters. The summed E-state index contributed by atoms with van der Waals surface area (Å²) < 4.78 is 0. The van der Waals surface area contributed by atoms with Gasteiger partial charge >= 0.3 is 0 Å². The Morgan fingerprint density at radius 1 is 1.13 bits per heavy atom. The standard InChI is InChI=1S/C13H18OS/c14-8-1-2-9-15-13-7-6-11-4-3-5-12(11)10-13/h6-7,10,14H,1-5,8-9H2. The molecule has 1 aromatic rings. The molecule has 15 heavy (non-hydrogen) atoms. The third-order valence-electron chi connectivity index (χ3n) is 2.89. The van der Waals surface area contributed by atoms with E-state index in [1.54, 1.807) is 11.1 Å². The van der Waals surface area contributed by atoms with Crippen LogP contribution in [0.2, 0.25) is 0 Å². The van der Waals surface area contributed by atoms with Gasteiger partial charge in [-0.15, -0.1) is 11.8 Å². The first-order valence-corrected chi connectivity index (χ1v) is 6.74. The second-order valence-electron chi connectivity index (χ2n) is 4.06. The lowest BCUT2D eigenvalue weighted by Gasteiger charge is -2.04. The molecule has 0 fully saturated rings. The predicted octanol–water partition coefficient (Wildman–Crippen LogP) is 3.04. The van der Waals surface area contributed by atoms with Gasteiger partial charge in [0, 0.05) is 11.5 Å². The first-order chi connectivity index (χ1) is 7.40. The van der Waals surface area contributed by atoms with E-state index in [1.165, 1.54) is 24.2 Å². The van der Waals surface area contributed by atoms with Gasteiger partial charge in [0.15, 0.2) is 0 Å². The van der Waals surface area contributed by atoms with Gasteiger partial charge in [-0.1, -0.05) is 6.07 Å². The first kappa shape index (κ1) is 11.0. The van der Waals surface area contributed by atoms with Crippen LogP contribution in [0, 0.1) is 0 Å². The topological polar surface area (TPSA) is 20.2 Å². The summed E-state index contributed by atoms with van der Waals surface area (Å²) in [5, 5.41) is 8.68. The number of aliphatic hydroxyl groups is 1. The Bertz CT molecular complexity index is 322. The average Bonchev–Trinajstić information content (AvgIpc) is 2.71. The molecule has 0 aromatic heterocycles. The molecule has 82 valence electrons. The van der Waals surface area contributed by atoms with Crippen LogP contribution in [0.1, 0.15) is 30.4 Å². The number of hydrogen-bond acceptors (Lipinski definition) is 2. The monoisotopic (exact) mass is 222 g/mol. The number of benzene rings is 1. The third kappa shape index (κ3) is 2.99. The maximum Gasteiger partial charge on any atom is 0.0431 e. The molecule has 0 aliphatic heterocycles. The van der Waals surface area contributed by atoms with Crippen LogP contribution in [0.4, 0.5) is 0 Å². The molecule has 1 nitrogen and oxygen atoms in total. The Balaban J connectivity index is 1.87. The molecular formula is C13H18OS. The summed E-state index contributed by atoms with van der Waals surface area (Å²) in [6, 6.07) is 6.89. The van der Waals surface area contributed by atoms with Crippen molar-refractivity contribution in [1.82, 2.24) is 0 Å². The zero-order valence-corrected chi connectivity index (χ0v) is 9.85.